The number of nitrogens with one attached hydrogen (secondary N) is 1. The molecule has 3 saturated carbocycles. The van der Waals surface area contributed by atoms with Crippen LogP contribution in [0.1, 0.15) is 100 Å². The molecule has 0 aliphatic heterocycles. The van der Waals surface area contributed by atoms with Crippen LogP contribution in [0.25, 0.3) is 0 Å². The van der Waals surface area contributed by atoms with Crippen LogP contribution < -0.4 is 5.32 Å². The maximum Gasteiger partial charge on any atom is 0.407 e. The van der Waals surface area contributed by atoms with E-state index in [0.717, 1.165) is 50.5 Å². The van der Waals surface area contributed by atoms with Gasteiger partial charge in [0.05, 0.1) is 12.2 Å². The molecule has 7 atom stereocenters. The van der Waals surface area contributed by atoms with Gasteiger partial charge in [0.1, 0.15) is 6.07 Å². The van der Waals surface area contributed by atoms with Gasteiger partial charge in [-0.25, -0.2) is 4.79 Å². The lowest BCUT2D eigenvalue weighted by Gasteiger charge is -2.69. The van der Waals surface area contributed by atoms with Gasteiger partial charge in [0.2, 0.25) is 0 Å². The maximum atomic E-state index is 14.5. The minimum Gasteiger partial charge on any atom is -0.449 e. The Hall–Kier alpha value is -2.42. The van der Waals surface area contributed by atoms with Gasteiger partial charge in [-0.15, -0.1) is 0 Å². The molecular formula is C34H48N2O4. The molecule has 0 heterocycles. The van der Waals surface area contributed by atoms with Crippen LogP contribution in [0.3, 0.4) is 0 Å². The first-order chi connectivity index (χ1) is 18.5. The Labute approximate surface area is 240 Å². The van der Waals surface area contributed by atoms with Crippen LogP contribution in [0.2, 0.25) is 0 Å². The van der Waals surface area contributed by atoms with Crippen LogP contribution in [0.4, 0.5) is 4.79 Å². The number of nitriles is 1. The molecule has 6 heteroatoms. The third-order valence-electron chi connectivity index (χ3n) is 12.9. The quantitative estimate of drug-likeness (QED) is 0.412. The number of carbonyl (C=O) groups excluding carboxylic acids is 3. The highest BCUT2D eigenvalue weighted by atomic mass is 16.5. The van der Waals surface area contributed by atoms with E-state index < -0.39 is 10.8 Å². The van der Waals surface area contributed by atoms with Gasteiger partial charge in [0.15, 0.2) is 11.6 Å². The Morgan fingerprint density at radius 1 is 1.05 bits per heavy atom. The number of carbonyl (C=O) groups is 3. The molecule has 5 rings (SSSR count). The molecule has 6 nitrogen and oxygen atoms in total. The van der Waals surface area contributed by atoms with Crippen molar-refractivity contribution in [1.82, 2.24) is 5.32 Å². The summed E-state index contributed by atoms with van der Waals surface area (Å²) >= 11 is 0. The zero-order chi connectivity index (χ0) is 29.5. The number of rotatable bonds is 3. The van der Waals surface area contributed by atoms with E-state index >= 15 is 0 Å². The number of fused-ring (bicyclic) bond motifs is 7. The summed E-state index contributed by atoms with van der Waals surface area (Å²) in [4.78, 5) is 40.1. The maximum absolute atomic E-state index is 14.5. The molecule has 0 spiro atoms. The van der Waals surface area contributed by atoms with Crippen molar-refractivity contribution in [2.24, 2.45) is 50.2 Å². The first-order valence-electron chi connectivity index (χ1n) is 15.4. The molecule has 0 saturated heterocycles. The number of hydrogen-bond donors (Lipinski definition) is 1. The van der Waals surface area contributed by atoms with Gasteiger partial charge < -0.3 is 10.1 Å². The third kappa shape index (κ3) is 3.82. The number of Topliss-reactive ketones (excluding diaryl/α,β-unsaturated/α-hetero) is 1. The van der Waals surface area contributed by atoms with E-state index in [1.165, 1.54) is 0 Å². The third-order valence-corrected chi connectivity index (χ3v) is 12.9. The minimum absolute atomic E-state index is 0.0404. The van der Waals surface area contributed by atoms with E-state index in [0.29, 0.717) is 13.2 Å². The predicted molar refractivity (Wildman–Crippen MR) is 154 cm³/mol. The number of allylic oxidation sites excluding steroid dienone is 4. The summed E-state index contributed by atoms with van der Waals surface area (Å²) < 4.78 is 5.83. The highest BCUT2D eigenvalue weighted by molar-refractivity contribution is 6.04. The fraction of sp³-hybridized carbons (Fsp3) is 0.765. The zero-order valence-electron chi connectivity index (χ0n) is 25.8. The molecule has 0 bridgehead atoms. The average molecular weight is 549 g/mol. The van der Waals surface area contributed by atoms with Crippen molar-refractivity contribution in [2.45, 2.75) is 100 Å². The van der Waals surface area contributed by atoms with Crippen molar-refractivity contribution in [3.8, 4) is 6.07 Å². The normalized spacial score (nSPS) is 43.0. The molecule has 0 aromatic carbocycles. The smallest absolute Gasteiger partial charge is 0.407 e. The predicted octanol–water partition coefficient (Wildman–Crippen LogP) is 6.95. The van der Waals surface area contributed by atoms with Gasteiger partial charge in [0.25, 0.3) is 0 Å². The second kappa shape index (κ2) is 9.04. The van der Waals surface area contributed by atoms with Gasteiger partial charge in [-0.05, 0) is 86.0 Å². The number of hydrogen-bond acceptors (Lipinski definition) is 5. The molecule has 3 fully saturated rings. The summed E-state index contributed by atoms with van der Waals surface area (Å²) in [6.45, 7) is 18.2. The van der Waals surface area contributed by atoms with Gasteiger partial charge in [0, 0.05) is 28.7 Å². The number of ketones is 2. The van der Waals surface area contributed by atoms with Gasteiger partial charge in [-0.3, -0.25) is 9.59 Å². The fourth-order valence-electron chi connectivity index (χ4n) is 10.4. The number of alkyl carbamates (subject to hydrolysis) is 1. The highest BCUT2D eigenvalue weighted by Gasteiger charge is 2.69. The lowest BCUT2D eigenvalue weighted by Crippen LogP contribution is -2.65. The Morgan fingerprint density at radius 3 is 2.38 bits per heavy atom. The standard InChI is InChI=1S/C34H48N2O4/c1-9-36-28(39)40-20-34-14-12-29(2,3)18-22(34)26-23(37)16-25-31(6)17-21(19-35)27(38)30(4,5)24(31)10-11-32(25,7)33(26,8)13-15-34/h16-17,22,24,26H,9-15,18,20H2,1-8H3,(H,36,39)/t22-,24-,26-,31-,32+,33+,34+/m0/s1. The van der Waals surface area contributed by atoms with Crippen molar-refractivity contribution >= 4 is 17.7 Å². The first kappa shape index (κ1) is 29.1. The van der Waals surface area contributed by atoms with E-state index in [-0.39, 0.29) is 62.6 Å². The minimum atomic E-state index is -0.664. The monoisotopic (exact) mass is 548 g/mol. The van der Waals surface area contributed by atoms with Gasteiger partial charge in [-0.2, -0.15) is 5.26 Å². The van der Waals surface area contributed by atoms with E-state index in [4.69, 9.17) is 4.74 Å². The molecular weight excluding hydrogens is 500 g/mol. The Morgan fingerprint density at radius 2 is 1.73 bits per heavy atom. The van der Waals surface area contributed by atoms with E-state index in [1.54, 1.807) is 0 Å². The average Bonchev–Trinajstić information content (AvgIpc) is 2.87. The number of nitrogens with zero attached hydrogens (tertiary/aromatic N) is 1. The zero-order valence-corrected chi connectivity index (χ0v) is 25.8. The molecule has 5 aliphatic rings. The fourth-order valence-corrected chi connectivity index (χ4v) is 10.4. The summed E-state index contributed by atoms with van der Waals surface area (Å²) in [6.07, 6.45) is 10.1. The van der Waals surface area contributed by atoms with Crippen LogP contribution in [0.5, 0.6) is 0 Å². The second-order valence-electron chi connectivity index (χ2n) is 15.7. The lowest BCUT2D eigenvalue weighted by molar-refractivity contribution is -0.177. The van der Waals surface area contributed by atoms with Gasteiger partial charge in [-0.1, -0.05) is 60.1 Å². The lowest BCUT2D eigenvalue weighted by atomic mass is 9.34. The number of amides is 1. The Kier molecular flexibility index (Phi) is 6.57. The van der Waals surface area contributed by atoms with E-state index in [9.17, 15) is 19.6 Å². The molecule has 5 aliphatic carbocycles. The van der Waals surface area contributed by atoms with Gasteiger partial charge >= 0.3 is 6.09 Å². The summed E-state index contributed by atoms with van der Waals surface area (Å²) in [5.74, 6) is 0.130. The topological polar surface area (TPSA) is 96.3 Å². The second-order valence-corrected chi connectivity index (χ2v) is 15.7. The van der Waals surface area contributed by atoms with Crippen molar-refractivity contribution in [3.63, 3.8) is 0 Å². The highest BCUT2D eigenvalue weighted by Crippen LogP contribution is 2.74. The molecule has 1 N–H and O–H groups in total. The summed E-state index contributed by atoms with van der Waals surface area (Å²) in [7, 11) is 0. The van der Waals surface area contributed by atoms with Crippen molar-refractivity contribution in [1.29, 1.82) is 5.26 Å². The Bertz CT molecular complexity index is 1250. The van der Waals surface area contributed by atoms with Crippen molar-refractivity contribution in [2.75, 3.05) is 13.2 Å². The summed E-state index contributed by atoms with van der Waals surface area (Å²) in [6, 6.07) is 2.19. The Balaban J connectivity index is 1.62. The van der Waals surface area contributed by atoms with Crippen LogP contribution in [0, 0.1) is 61.6 Å². The first-order valence-corrected chi connectivity index (χ1v) is 15.4. The molecule has 1 amide bonds. The largest absolute Gasteiger partial charge is 0.449 e. The van der Waals surface area contributed by atoms with Crippen LogP contribution in [0.15, 0.2) is 23.3 Å². The van der Waals surface area contributed by atoms with Crippen molar-refractivity contribution < 1.29 is 19.1 Å². The summed E-state index contributed by atoms with van der Waals surface area (Å²) in [5, 5.41) is 12.7. The molecule has 0 aromatic heterocycles. The van der Waals surface area contributed by atoms with Crippen LogP contribution in [-0.4, -0.2) is 30.8 Å². The molecule has 0 unspecified atom stereocenters. The molecule has 0 aromatic rings. The summed E-state index contributed by atoms with van der Waals surface area (Å²) in [5.41, 5.74) is -0.423. The molecule has 0 radical (unpaired) electrons. The van der Waals surface area contributed by atoms with Crippen LogP contribution >= 0.6 is 0 Å². The van der Waals surface area contributed by atoms with E-state index in [1.807, 2.05) is 32.9 Å². The molecule has 218 valence electrons. The molecule has 40 heavy (non-hydrogen) atoms. The van der Waals surface area contributed by atoms with Crippen molar-refractivity contribution in [3.05, 3.63) is 23.3 Å². The van der Waals surface area contributed by atoms with E-state index in [2.05, 4.69) is 46.0 Å². The SMILES string of the molecule is CCNC(=O)OC[C@]12CCC(C)(C)C[C@H]1[C@H]1C(=O)C=C3[C@@]4(C)C=C(C#N)C(=O)C(C)(C)[C@@H]4CC[C@@]3(C)[C@]1(C)CC2. The number of ether oxygens (including phenoxy) is 1. The van der Waals surface area contributed by atoms with Crippen LogP contribution in [-0.2, 0) is 14.3 Å².